The molecular weight excluding hydrogens is 238 g/mol. The van der Waals surface area contributed by atoms with Crippen LogP contribution in [0.5, 0.6) is 5.75 Å². The Morgan fingerprint density at radius 1 is 1.21 bits per heavy atom. The molecule has 2 rings (SSSR count). The first-order chi connectivity index (χ1) is 9.22. The third-order valence-corrected chi connectivity index (χ3v) is 2.61. The minimum absolute atomic E-state index is 0.466. The Bertz CT molecular complexity index is 617. The maximum atomic E-state index is 8.83. The van der Waals surface area contributed by atoms with E-state index < -0.39 is 0 Å². The van der Waals surface area contributed by atoms with Crippen molar-refractivity contribution in [2.75, 3.05) is 17.7 Å². The number of rotatable bonds is 4. The Labute approximate surface area is 112 Å². The molecule has 2 aromatic carbocycles. The van der Waals surface area contributed by atoms with Gasteiger partial charge >= 0.3 is 0 Å². The SMILES string of the molecule is CCOc1cccc(Nc2ccc(C#N)c(N)c2)c1. The first-order valence-electron chi connectivity index (χ1n) is 6.02. The molecule has 0 saturated heterocycles. The van der Waals surface area contributed by atoms with Gasteiger partial charge in [-0.3, -0.25) is 0 Å². The number of nitrogens with two attached hydrogens (primary N) is 1. The van der Waals surface area contributed by atoms with Gasteiger partial charge < -0.3 is 15.8 Å². The highest BCUT2D eigenvalue weighted by molar-refractivity contribution is 5.68. The quantitative estimate of drug-likeness (QED) is 0.820. The molecule has 0 fully saturated rings. The van der Waals surface area contributed by atoms with E-state index in [4.69, 9.17) is 15.7 Å². The van der Waals surface area contributed by atoms with Crippen LogP contribution in [0.3, 0.4) is 0 Å². The Kier molecular flexibility index (Phi) is 3.89. The molecule has 0 radical (unpaired) electrons. The lowest BCUT2D eigenvalue weighted by atomic mass is 10.1. The van der Waals surface area contributed by atoms with Gasteiger partial charge in [0.05, 0.1) is 17.9 Å². The summed E-state index contributed by atoms with van der Waals surface area (Å²) in [6.07, 6.45) is 0. The van der Waals surface area contributed by atoms with Gasteiger partial charge in [0.2, 0.25) is 0 Å². The van der Waals surface area contributed by atoms with E-state index in [1.807, 2.05) is 43.3 Å². The minimum atomic E-state index is 0.466. The molecule has 0 aromatic heterocycles. The Hall–Kier alpha value is -2.67. The van der Waals surface area contributed by atoms with Crippen LogP contribution in [0, 0.1) is 11.3 Å². The molecule has 4 nitrogen and oxygen atoms in total. The van der Waals surface area contributed by atoms with Gasteiger partial charge in [0.25, 0.3) is 0 Å². The second-order valence-electron chi connectivity index (χ2n) is 4.00. The second-order valence-corrected chi connectivity index (χ2v) is 4.00. The first kappa shape index (κ1) is 12.8. The maximum Gasteiger partial charge on any atom is 0.121 e. The van der Waals surface area contributed by atoms with Gasteiger partial charge in [0.1, 0.15) is 11.8 Å². The van der Waals surface area contributed by atoms with Crippen molar-refractivity contribution < 1.29 is 4.74 Å². The van der Waals surface area contributed by atoms with Crippen molar-refractivity contribution in [3.8, 4) is 11.8 Å². The van der Waals surface area contributed by atoms with Crippen LogP contribution in [0.4, 0.5) is 17.1 Å². The normalized spacial score (nSPS) is 9.68. The summed E-state index contributed by atoms with van der Waals surface area (Å²) >= 11 is 0. The molecule has 4 heteroatoms. The number of hydrogen-bond donors (Lipinski definition) is 2. The molecule has 0 saturated carbocycles. The van der Waals surface area contributed by atoms with Crippen LogP contribution in [-0.4, -0.2) is 6.61 Å². The lowest BCUT2D eigenvalue weighted by Gasteiger charge is -2.09. The number of hydrogen-bond acceptors (Lipinski definition) is 4. The van der Waals surface area contributed by atoms with Crippen molar-refractivity contribution >= 4 is 17.1 Å². The predicted octanol–water partition coefficient (Wildman–Crippen LogP) is 3.28. The third-order valence-electron chi connectivity index (χ3n) is 2.61. The Balaban J connectivity index is 2.19. The van der Waals surface area contributed by atoms with Gasteiger partial charge in [-0.2, -0.15) is 5.26 Å². The maximum absolute atomic E-state index is 8.83. The molecule has 0 unspecified atom stereocenters. The molecule has 96 valence electrons. The van der Waals surface area contributed by atoms with Gasteiger partial charge in [-0.25, -0.2) is 0 Å². The van der Waals surface area contributed by atoms with E-state index >= 15 is 0 Å². The van der Waals surface area contributed by atoms with Gasteiger partial charge in [0.15, 0.2) is 0 Å². The summed E-state index contributed by atoms with van der Waals surface area (Å²) in [5, 5.41) is 12.1. The van der Waals surface area contributed by atoms with Crippen LogP contribution >= 0.6 is 0 Å². The number of nitrogen functional groups attached to an aromatic ring is 1. The highest BCUT2D eigenvalue weighted by atomic mass is 16.5. The summed E-state index contributed by atoms with van der Waals surface area (Å²) in [6, 6.07) is 15.0. The van der Waals surface area contributed by atoms with Crippen LogP contribution in [0.2, 0.25) is 0 Å². The highest BCUT2D eigenvalue weighted by Gasteiger charge is 2.01. The lowest BCUT2D eigenvalue weighted by Crippen LogP contribution is -1.96. The van der Waals surface area contributed by atoms with E-state index in [2.05, 4.69) is 5.32 Å². The van der Waals surface area contributed by atoms with Crippen molar-refractivity contribution in [3.05, 3.63) is 48.0 Å². The molecule has 19 heavy (non-hydrogen) atoms. The van der Waals surface area contributed by atoms with Gasteiger partial charge in [-0.1, -0.05) is 6.07 Å². The van der Waals surface area contributed by atoms with Crippen molar-refractivity contribution in [3.63, 3.8) is 0 Å². The topological polar surface area (TPSA) is 71.1 Å². The number of nitriles is 1. The van der Waals surface area contributed by atoms with E-state index in [1.165, 1.54) is 0 Å². The van der Waals surface area contributed by atoms with Crippen LogP contribution in [0.1, 0.15) is 12.5 Å². The van der Waals surface area contributed by atoms with E-state index in [1.54, 1.807) is 12.1 Å². The standard InChI is InChI=1S/C15H15N3O/c1-2-19-14-5-3-4-12(8-14)18-13-7-6-11(10-16)15(17)9-13/h3-9,18H,2,17H2,1H3. The Morgan fingerprint density at radius 3 is 2.68 bits per heavy atom. The lowest BCUT2D eigenvalue weighted by molar-refractivity contribution is 0.340. The fraction of sp³-hybridized carbons (Fsp3) is 0.133. The fourth-order valence-electron chi connectivity index (χ4n) is 1.74. The average Bonchev–Trinajstić information content (AvgIpc) is 2.40. The largest absolute Gasteiger partial charge is 0.494 e. The zero-order chi connectivity index (χ0) is 13.7. The zero-order valence-electron chi connectivity index (χ0n) is 10.7. The minimum Gasteiger partial charge on any atom is -0.494 e. The summed E-state index contributed by atoms with van der Waals surface area (Å²) in [6.45, 7) is 2.58. The van der Waals surface area contributed by atoms with Crippen LogP contribution in [0.15, 0.2) is 42.5 Å². The van der Waals surface area contributed by atoms with Crippen molar-refractivity contribution in [1.82, 2.24) is 0 Å². The molecule has 0 amide bonds. The highest BCUT2D eigenvalue weighted by Crippen LogP contribution is 2.24. The molecular formula is C15H15N3O. The smallest absolute Gasteiger partial charge is 0.121 e. The average molecular weight is 253 g/mol. The van der Waals surface area contributed by atoms with Gasteiger partial charge in [-0.15, -0.1) is 0 Å². The molecule has 2 aromatic rings. The monoisotopic (exact) mass is 253 g/mol. The van der Waals surface area contributed by atoms with Crippen LogP contribution < -0.4 is 15.8 Å². The number of anilines is 3. The van der Waals surface area contributed by atoms with E-state index in [-0.39, 0.29) is 0 Å². The van der Waals surface area contributed by atoms with Crippen LogP contribution in [0.25, 0.3) is 0 Å². The summed E-state index contributed by atoms with van der Waals surface area (Å²) in [5.74, 6) is 0.814. The molecule has 0 heterocycles. The summed E-state index contributed by atoms with van der Waals surface area (Å²) in [5.41, 5.74) is 8.47. The predicted molar refractivity (Wildman–Crippen MR) is 76.5 cm³/mol. The summed E-state index contributed by atoms with van der Waals surface area (Å²) < 4.78 is 5.44. The molecule has 0 aliphatic rings. The summed E-state index contributed by atoms with van der Waals surface area (Å²) in [7, 11) is 0. The van der Waals surface area contributed by atoms with E-state index in [9.17, 15) is 0 Å². The van der Waals surface area contributed by atoms with E-state index in [0.717, 1.165) is 17.1 Å². The number of nitrogens with one attached hydrogen (secondary N) is 1. The van der Waals surface area contributed by atoms with Gasteiger partial charge in [0, 0.05) is 17.4 Å². The number of benzene rings is 2. The van der Waals surface area contributed by atoms with Crippen molar-refractivity contribution in [2.45, 2.75) is 6.92 Å². The zero-order valence-corrected chi connectivity index (χ0v) is 10.7. The Morgan fingerprint density at radius 2 is 2.00 bits per heavy atom. The molecule has 0 spiro atoms. The molecule has 3 N–H and O–H groups in total. The van der Waals surface area contributed by atoms with Gasteiger partial charge in [-0.05, 0) is 37.3 Å². The summed E-state index contributed by atoms with van der Waals surface area (Å²) in [4.78, 5) is 0. The number of nitrogens with zero attached hydrogens (tertiary/aromatic N) is 1. The molecule has 0 aliphatic carbocycles. The third kappa shape index (κ3) is 3.17. The van der Waals surface area contributed by atoms with Crippen LogP contribution in [-0.2, 0) is 0 Å². The number of ether oxygens (including phenoxy) is 1. The molecule has 0 bridgehead atoms. The molecule has 0 aliphatic heterocycles. The second kappa shape index (κ2) is 5.78. The van der Waals surface area contributed by atoms with E-state index in [0.29, 0.717) is 17.9 Å². The fourth-order valence-corrected chi connectivity index (χ4v) is 1.74. The van der Waals surface area contributed by atoms with Crippen molar-refractivity contribution in [2.24, 2.45) is 0 Å². The van der Waals surface area contributed by atoms with Crippen molar-refractivity contribution in [1.29, 1.82) is 5.26 Å². The first-order valence-corrected chi connectivity index (χ1v) is 6.02. The molecule has 0 atom stereocenters.